The second-order valence-corrected chi connectivity index (χ2v) is 5.54. The number of hydrogen-bond donors (Lipinski definition) is 2. The topological polar surface area (TPSA) is 63.0 Å². The lowest BCUT2D eigenvalue weighted by molar-refractivity contribution is 0.478. The minimum Gasteiger partial charge on any atom is -0.407 e. The van der Waals surface area contributed by atoms with E-state index in [0.29, 0.717) is 18.5 Å². The molecule has 0 bridgehead atoms. The Morgan fingerprint density at radius 2 is 2.28 bits per heavy atom. The number of nitrogens with one attached hydrogen (secondary N) is 2. The van der Waals surface area contributed by atoms with Gasteiger partial charge < -0.3 is 15.1 Å². The Morgan fingerprint density at radius 1 is 1.44 bits per heavy atom. The third-order valence-electron chi connectivity index (χ3n) is 2.35. The van der Waals surface area contributed by atoms with Crippen LogP contribution in [-0.2, 0) is 6.54 Å². The summed E-state index contributed by atoms with van der Waals surface area (Å²) in [6.07, 6.45) is 0. The van der Waals surface area contributed by atoms with Gasteiger partial charge in [0.1, 0.15) is 0 Å². The lowest BCUT2D eigenvalue weighted by atomic mass is 10.3. The van der Waals surface area contributed by atoms with Crippen LogP contribution in [0.25, 0.3) is 0 Å². The maximum Gasteiger partial charge on any atom is 0.316 e. The van der Waals surface area contributed by atoms with E-state index in [1.54, 1.807) is 0 Å². The summed E-state index contributed by atoms with van der Waals surface area (Å²) in [6.45, 7) is 5.51. The van der Waals surface area contributed by atoms with E-state index in [2.05, 4.69) is 20.8 Å². The summed E-state index contributed by atoms with van der Waals surface area (Å²) in [5, 5.41) is 14.2. The molecular formula is C11H15ClN4OS. The van der Waals surface area contributed by atoms with Gasteiger partial charge in [-0.3, -0.25) is 0 Å². The van der Waals surface area contributed by atoms with Crippen molar-refractivity contribution < 1.29 is 4.42 Å². The second-order valence-electron chi connectivity index (χ2n) is 3.79. The maximum absolute atomic E-state index is 5.90. The van der Waals surface area contributed by atoms with Crippen LogP contribution in [0.15, 0.2) is 16.5 Å². The summed E-state index contributed by atoms with van der Waals surface area (Å²) < 4.78 is 6.24. The van der Waals surface area contributed by atoms with Crippen LogP contribution < -0.4 is 10.6 Å². The van der Waals surface area contributed by atoms with Gasteiger partial charge in [0.25, 0.3) is 0 Å². The molecule has 0 amide bonds. The number of nitrogens with zero attached hydrogens (tertiary/aromatic N) is 2. The number of aromatic nitrogens is 2. The molecule has 2 aromatic rings. The molecule has 2 heterocycles. The molecule has 0 fully saturated rings. The first-order chi connectivity index (χ1) is 8.69. The fraction of sp³-hybridized carbons (Fsp3) is 0.455. The van der Waals surface area contributed by atoms with Crippen LogP contribution in [0.5, 0.6) is 0 Å². The molecule has 2 rings (SSSR count). The highest BCUT2D eigenvalue weighted by atomic mass is 35.5. The van der Waals surface area contributed by atoms with E-state index in [0.717, 1.165) is 15.8 Å². The number of halogens is 1. The zero-order valence-corrected chi connectivity index (χ0v) is 11.8. The molecule has 0 aliphatic carbocycles. The highest BCUT2D eigenvalue weighted by Gasteiger charge is 2.12. The summed E-state index contributed by atoms with van der Waals surface area (Å²) in [4.78, 5) is 1.13. The molecule has 0 saturated heterocycles. The van der Waals surface area contributed by atoms with Crippen LogP contribution in [-0.4, -0.2) is 16.7 Å². The van der Waals surface area contributed by atoms with E-state index in [9.17, 15) is 0 Å². The molecule has 0 saturated carbocycles. The largest absolute Gasteiger partial charge is 0.407 e. The molecule has 0 aromatic carbocycles. The molecule has 0 aliphatic heterocycles. The molecule has 2 N–H and O–H groups in total. The third kappa shape index (κ3) is 3.44. The van der Waals surface area contributed by atoms with Crippen molar-refractivity contribution in [3.8, 4) is 0 Å². The zero-order chi connectivity index (χ0) is 13.0. The summed E-state index contributed by atoms with van der Waals surface area (Å²) in [7, 11) is 0. The SMILES string of the molecule is CCNCc1nnc(NC(C)c2ccc(Cl)s2)o1. The van der Waals surface area contributed by atoms with Gasteiger partial charge in [0.15, 0.2) is 0 Å². The van der Waals surface area contributed by atoms with Gasteiger partial charge in [-0.05, 0) is 25.6 Å². The Balaban J connectivity index is 1.94. The molecule has 18 heavy (non-hydrogen) atoms. The Labute approximate surface area is 115 Å². The predicted octanol–water partition coefficient (Wildman–Crippen LogP) is 3.07. The van der Waals surface area contributed by atoms with Crippen LogP contribution in [0.2, 0.25) is 4.34 Å². The van der Waals surface area contributed by atoms with E-state index >= 15 is 0 Å². The number of hydrogen-bond acceptors (Lipinski definition) is 6. The quantitative estimate of drug-likeness (QED) is 0.854. The van der Waals surface area contributed by atoms with Gasteiger partial charge in [-0.2, -0.15) is 0 Å². The summed E-state index contributed by atoms with van der Waals surface area (Å²) in [5.74, 6) is 0.579. The van der Waals surface area contributed by atoms with Crippen LogP contribution in [0.3, 0.4) is 0 Å². The molecule has 5 nitrogen and oxygen atoms in total. The van der Waals surface area contributed by atoms with Crippen molar-refractivity contribution in [2.75, 3.05) is 11.9 Å². The van der Waals surface area contributed by atoms with Gasteiger partial charge in [0.05, 0.1) is 16.9 Å². The fourth-order valence-electron chi connectivity index (χ4n) is 1.43. The first kappa shape index (κ1) is 13.3. The van der Waals surface area contributed by atoms with E-state index < -0.39 is 0 Å². The Hall–Kier alpha value is -1.11. The average molecular weight is 287 g/mol. The van der Waals surface area contributed by atoms with Crippen molar-refractivity contribution >= 4 is 29.0 Å². The lowest BCUT2D eigenvalue weighted by Crippen LogP contribution is -2.11. The highest BCUT2D eigenvalue weighted by Crippen LogP contribution is 2.28. The van der Waals surface area contributed by atoms with Crippen molar-refractivity contribution in [2.24, 2.45) is 0 Å². The Morgan fingerprint density at radius 3 is 2.94 bits per heavy atom. The van der Waals surface area contributed by atoms with Crippen molar-refractivity contribution in [3.63, 3.8) is 0 Å². The molecule has 7 heteroatoms. The lowest BCUT2D eigenvalue weighted by Gasteiger charge is -2.08. The summed E-state index contributed by atoms with van der Waals surface area (Å²) in [6, 6.07) is 4.39. The highest BCUT2D eigenvalue weighted by molar-refractivity contribution is 7.16. The monoisotopic (exact) mass is 286 g/mol. The Kier molecular flexibility index (Phi) is 4.57. The van der Waals surface area contributed by atoms with Crippen molar-refractivity contribution in [2.45, 2.75) is 26.4 Å². The molecule has 2 aromatic heterocycles. The molecule has 1 unspecified atom stereocenters. The Bertz CT molecular complexity index is 499. The van der Waals surface area contributed by atoms with E-state index in [1.807, 2.05) is 26.0 Å². The van der Waals surface area contributed by atoms with Crippen LogP contribution in [0.4, 0.5) is 6.01 Å². The number of thiophene rings is 1. The molecule has 0 radical (unpaired) electrons. The first-order valence-corrected chi connectivity index (χ1v) is 6.93. The van der Waals surface area contributed by atoms with E-state index in [4.69, 9.17) is 16.0 Å². The van der Waals surface area contributed by atoms with Gasteiger partial charge in [0, 0.05) is 4.88 Å². The van der Waals surface area contributed by atoms with E-state index in [-0.39, 0.29) is 6.04 Å². The second kappa shape index (κ2) is 6.17. The molecule has 98 valence electrons. The van der Waals surface area contributed by atoms with Crippen LogP contribution >= 0.6 is 22.9 Å². The predicted molar refractivity (Wildman–Crippen MR) is 73.0 cm³/mol. The molecule has 0 aliphatic rings. The van der Waals surface area contributed by atoms with Crippen molar-refractivity contribution in [3.05, 3.63) is 27.2 Å². The summed E-state index contributed by atoms with van der Waals surface area (Å²) >= 11 is 7.44. The smallest absolute Gasteiger partial charge is 0.316 e. The minimum atomic E-state index is 0.0925. The third-order valence-corrected chi connectivity index (χ3v) is 3.77. The molecule has 0 spiro atoms. The summed E-state index contributed by atoms with van der Waals surface area (Å²) in [5.41, 5.74) is 0. The van der Waals surface area contributed by atoms with Gasteiger partial charge in [-0.1, -0.05) is 23.6 Å². The molecular weight excluding hydrogens is 272 g/mol. The van der Waals surface area contributed by atoms with Crippen molar-refractivity contribution in [1.82, 2.24) is 15.5 Å². The first-order valence-electron chi connectivity index (χ1n) is 5.74. The van der Waals surface area contributed by atoms with E-state index in [1.165, 1.54) is 11.3 Å². The number of rotatable bonds is 6. The van der Waals surface area contributed by atoms with Crippen LogP contribution in [0, 0.1) is 0 Å². The van der Waals surface area contributed by atoms with Gasteiger partial charge in [-0.15, -0.1) is 16.4 Å². The maximum atomic E-state index is 5.90. The number of anilines is 1. The van der Waals surface area contributed by atoms with Crippen molar-refractivity contribution in [1.29, 1.82) is 0 Å². The van der Waals surface area contributed by atoms with Crippen LogP contribution in [0.1, 0.15) is 30.7 Å². The standard InChI is InChI=1S/C11H15ClN4OS/c1-3-13-6-10-15-16-11(17-10)14-7(2)8-4-5-9(12)18-8/h4-5,7,13H,3,6H2,1-2H3,(H,14,16). The fourth-order valence-corrected chi connectivity index (χ4v) is 2.50. The normalized spacial score (nSPS) is 12.6. The van der Waals surface area contributed by atoms with Gasteiger partial charge >= 0.3 is 6.01 Å². The zero-order valence-electron chi connectivity index (χ0n) is 10.2. The minimum absolute atomic E-state index is 0.0925. The average Bonchev–Trinajstić information content (AvgIpc) is 2.96. The van der Waals surface area contributed by atoms with Gasteiger partial charge in [-0.25, -0.2) is 0 Å². The molecule has 1 atom stereocenters. The van der Waals surface area contributed by atoms with Gasteiger partial charge in [0.2, 0.25) is 5.89 Å².